The average Bonchev–Trinajstić information content (AvgIpc) is 2.31. The Kier molecular flexibility index (Phi) is 1.48. The van der Waals surface area contributed by atoms with E-state index in [4.69, 9.17) is 5.73 Å². The van der Waals surface area contributed by atoms with Gasteiger partial charge in [-0.1, -0.05) is 0 Å². The maximum atomic E-state index is 12.6. The molecule has 0 aliphatic heterocycles. The number of aromatic nitrogens is 3. The van der Waals surface area contributed by atoms with Crippen LogP contribution < -0.4 is 5.73 Å². The first-order valence-corrected chi connectivity index (χ1v) is 3.98. The van der Waals surface area contributed by atoms with Gasteiger partial charge in [-0.25, -0.2) is 8.78 Å². The van der Waals surface area contributed by atoms with E-state index < -0.39 is 11.5 Å². The summed E-state index contributed by atoms with van der Waals surface area (Å²) in [4.78, 5) is 2.78. The van der Waals surface area contributed by atoms with E-state index in [2.05, 4.69) is 15.2 Å². The molecule has 0 amide bonds. The van der Waals surface area contributed by atoms with Crippen molar-refractivity contribution in [3.63, 3.8) is 0 Å². The minimum atomic E-state index is -2.64. The van der Waals surface area contributed by atoms with E-state index in [1.165, 1.54) is 0 Å². The molecule has 1 aromatic rings. The number of hydrogen-bond donors (Lipinski definition) is 2. The lowest BCUT2D eigenvalue weighted by molar-refractivity contribution is -0.127. The van der Waals surface area contributed by atoms with Crippen LogP contribution >= 0.6 is 0 Å². The highest BCUT2D eigenvalue weighted by Gasteiger charge is 2.57. The Bertz CT molecular complexity index is 325. The van der Waals surface area contributed by atoms with Crippen LogP contribution in [0.4, 0.5) is 8.78 Å². The highest BCUT2D eigenvalue weighted by Crippen LogP contribution is 2.48. The second-order valence-electron chi connectivity index (χ2n) is 3.62. The minimum absolute atomic E-state index is 0.353. The molecule has 1 aromatic heterocycles. The van der Waals surface area contributed by atoms with Crippen LogP contribution in [0.1, 0.15) is 24.5 Å². The average molecular weight is 188 g/mol. The summed E-state index contributed by atoms with van der Waals surface area (Å²) in [6.07, 6.45) is -0.705. The SMILES string of the molecule is Cc1nnc(C2(N)CC(F)(F)C2)[nH]1. The minimum Gasteiger partial charge on any atom is -0.328 e. The predicted molar refractivity (Wildman–Crippen MR) is 41.2 cm³/mol. The van der Waals surface area contributed by atoms with Crippen molar-refractivity contribution in [2.75, 3.05) is 0 Å². The Morgan fingerprint density at radius 3 is 2.38 bits per heavy atom. The van der Waals surface area contributed by atoms with Crippen molar-refractivity contribution in [2.24, 2.45) is 5.73 Å². The first-order chi connectivity index (χ1) is 5.91. The predicted octanol–water partition coefficient (Wildman–Crippen LogP) is 0.696. The lowest BCUT2D eigenvalue weighted by Gasteiger charge is -2.42. The number of H-pyrrole nitrogens is 1. The zero-order chi connectivity index (χ0) is 9.69. The third-order valence-electron chi connectivity index (χ3n) is 2.22. The molecule has 72 valence electrons. The van der Waals surface area contributed by atoms with Gasteiger partial charge < -0.3 is 10.7 Å². The summed E-state index contributed by atoms with van der Waals surface area (Å²) in [5.41, 5.74) is 4.69. The molecule has 0 saturated heterocycles. The van der Waals surface area contributed by atoms with Crippen molar-refractivity contribution >= 4 is 0 Å². The number of hydrogen-bond acceptors (Lipinski definition) is 3. The van der Waals surface area contributed by atoms with E-state index in [1.807, 2.05) is 0 Å². The fourth-order valence-corrected chi connectivity index (χ4v) is 1.61. The van der Waals surface area contributed by atoms with Crippen LogP contribution in [-0.4, -0.2) is 21.1 Å². The van der Waals surface area contributed by atoms with Gasteiger partial charge in [0.25, 0.3) is 5.92 Å². The fourth-order valence-electron chi connectivity index (χ4n) is 1.61. The molecule has 0 radical (unpaired) electrons. The number of rotatable bonds is 1. The van der Waals surface area contributed by atoms with Crippen molar-refractivity contribution in [1.29, 1.82) is 0 Å². The summed E-state index contributed by atoms with van der Waals surface area (Å²) in [5.74, 6) is -1.69. The van der Waals surface area contributed by atoms with Crippen LogP contribution in [-0.2, 0) is 5.54 Å². The summed E-state index contributed by atoms with van der Waals surface area (Å²) in [5, 5.41) is 7.39. The second-order valence-corrected chi connectivity index (χ2v) is 3.62. The van der Waals surface area contributed by atoms with E-state index in [0.717, 1.165) is 0 Å². The molecule has 3 N–H and O–H groups in total. The highest BCUT2D eigenvalue weighted by molar-refractivity contribution is 5.14. The van der Waals surface area contributed by atoms with Gasteiger partial charge in [-0.3, -0.25) is 0 Å². The zero-order valence-corrected chi connectivity index (χ0v) is 7.14. The molecular formula is C7H10F2N4. The molecule has 0 bridgehead atoms. The van der Waals surface area contributed by atoms with Gasteiger partial charge in [0.2, 0.25) is 0 Å². The quantitative estimate of drug-likeness (QED) is 0.681. The number of nitrogens with one attached hydrogen (secondary N) is 1. The maximum absolute atomic E-state index is 12.6. The molecule has 0 aromatic carbocycles. The van der Waals surface area contributed by atoms with Gasteiger partial charge >= 0.3 is 0 Å². The molecule has 2 rings (SSSR count). The number of nitrogens with two attached hydrogens (primary N) is 1. The number of halogens is 2. The molecule has 1 saturated carbocycles. The lowest BCUT2D eigenvalue weighted by atomic mass is 9.74. The van der Waals surface area contributed by atoms with E-state index in [1.54, 1.807) is 6.92 Å². The van der Waals surface area contributed by atoms with E-state index in [0.29, 0.717) is 11.6 Å². The van der Waals surface area contributed by atoms with Gasteiger partial charge in [0.1, 0.15) is 5.82 Å². The largest absolute Gasteiger partial charge is 0.328 e. The Hall–Kier alpha value is -1.04. The van der Waals surface area contributed by atoms with Crippen molar-refractivity contribution < 1.29 is 8.78 Å². The number of aryl methyl sites for hydroxylation is 1. The molecule has 1 aliphatic rings. The monoisotopic (exact) mass is 188 g/mol. The Morgan fingerprint density at radius 1 is 1.38 bits per heavy atom. The molecule has 6 heteroatoms. The summed E-state index contributed by atoms with van der Waals surface area (Å²) in [6.45, 7) is 1.71. The van der Waals surface area contributed by atoms with Crippen LogP contribution in [0.15, 0.2) is 0 Å². The van der Waals surface area contributed by atoms with Crippen molar-refractivity contribution in [2.45, 2.75) is 31.2 Å². The van der Waals surface area contributed by atoms with Crippen molar-refractivity contribution in [3.05, 3.63) is 11.6 Å². The smallest absolute Gasteiger partial charge is 0.252 e. The van der Waals surface area contributed by atoms with Crippen LogP contribution in [0.25, 0.3) is 0 Å². The van der Waals surface area contributed by atoms with Crippen molar-refractivity contribution in [3.8, 4) is 0 Å². The number of nitrogens with zero attached hydrogens (tertiary/aromatic N) is 2. The van der Waals surface area contributed by atoms with Crippen LogP contribution in [0, 0.1) is 6.92 Å². The molecule has 0 unspecified atom stereocenters. The summed E-state index contributed by atoms with van der Waals surface area (Å²) >= 11 is 0. The van der Waals surface area contributed by atoms with Crippen LogP contribution in [0.3, 0.4) is 0 Å². The van der Waals surface area contributed by atoms with E-state index in [-0.39, 0.29) is 12.8 Å². The number of alkyl halides is 2. The molecule has 13 heavy (non-hydrogen) atoms. The molecule has 1 fully saturated rings. The Morgan fingerprint density at radius 2 is 2.00 bits per heavy atom. The molecule has 0 atom stereocenters. The molecule has 4 nitrogen and oxygen atoms in total. The Labute approximate surface area is 73.5 Å². The second kappa shape index (κ2) is 2.25. The lowest BCUT2D eigenvalue weighted by Crippen LogP contribution is -2.56. The molecule has 0 spiro atoms. The topological polar surface area (TPSA) is 67.6 Å². The van der Waals surface area contributed by atoms with Gasteiger partial charge in [0.05, 0.1) is 5.54 Å². The Balaban J connectivity index is 2.20. The van der Waals surface area contributed by atoms with Crippen LogP contribution in [0.5, 0.6) is 0 Å². The summed E-state index contributed by atoms with van der Waals surface area (Å²) in [6, 6.07) is 0. The molecule has 1 heterocycles. The normalized spacial score (nSPS) is 24.0. The van der Waals surface area contributed by atoms with Gasteiger partial charge in [0, 0.05) is 12.8 Å². The van der Waals surface area contributed by atoms with Gasteiger partial charge in [-0.15, -0.1) is 10.2 Å². The molecule has 1 aliphatic carbocycles. The van der Waals surface area contributed by atoms with E-state index in [9.17, 15) is 8.78 Å². The summed E-state index contributed by atoms with van der Waals surface area (Å²) < 4.78 is 25.2. The third-order valence-corrected chi connectivity index (χ3v) is 2.22. The maximum Gasteiger partial charge on any atom is 0.252 e. The van der Waals surface area contributed by atoms with Gasteiger partial charge in [-0.2, -0.15) is 0 Å². The third kappa shape index (κ3) is 1.31. The highest BCUT2D eigenvalue weighted by atomic mass is 19.3. The first kappa shape index (κ1) is 8.55. The standard InChI is InChI=1S/C7H10F2N4/c1-4-11-5(13-12-4)6(10)2-7(8,9)3-6/h2-3,10H2,1H3,(H,11,12,13). The van der Waals surface area contributed by atoms with E-state index >= 15 is 0 Å². The van der Waals surface area contributed by atoms with Crippen LogP contribution in [0.2, 0.25) is 0 Å². The van der Waals surface area contributed by atoms with Crippen molar-refractivity contribution in [1.82, 2.24) is 15.2 Å². The zero-order valence-electron chi connectivity index (χ0n) is 7.14. The first-order valence-electron chi connectivity index (χ1n) is 3.98. The fraction of sp³-hybridized carbons (Fsp3) is 0.714. The van der Waals surface area contributed by atoms with Gasteiger partial charge in [-0.05, 0) is 6.92 Å². The molecular weight excluding hydrogens is 178 g/mol. The summed E-state index contributed by atoms with van der Waals surface area (Å²) in [7, 11) is 0. The number of aromatic amines is 1. The van der Waals surface area contributed by atoms with Gasteiger partial charge in [0.15, 0.2) is 5.82 Å².